The number of nitrogens with zero attached hydrogens (tertiary/aromatic N) is 2. The number of ketones is 1. The third-order valence-electron chi connectivity index (χ3n) is 9.14. The molecule has 3 amide bonds. The highest BCUT2D eigenvalue weighted by atomic mass is 16.3. The van der Waals surface area contributed by atoms with Crippen molar-refractivity contribution in [3.05, 3.63) is 11.9 Å². The Kier molecular flexibility index (Phi) is 8.82. The van der Waals surface area contributed by atoms with Gasteiger partial charge in [-0.15, -0.1) is 5.53 Å². The Morgan fingerprint density at radius 1 is 1.07 bits per heavy atom. The maximum Gasteiger partial charge on any atom is 0.287 e. The van der Waals surface area contributed by atoms with Crippen LogP contribution in [0.15, 0.2) is 11.9 Å². The highest BCUT2D eigenvalue weighted by molar-refractivity contribution is 6.39. The molecule has 224 valence electrons. The normalized spacial score (nSPS) is 27.0. The Balaban J connectivity index is 1.60. The number of likely N-dealkylation sites (tertiary alicyclic amines) is 1. The molecule has 3 atom stereocenters. The molecule has 4 aliphatic rings. The van der Waals surface area contributed by atoms with Crippen molar-refractivity contribution in [2.24, 2.45) is 17.4 Å². The van der Waals surface area contributed by atoms with E-state index in [1.807, 2.05) is 0 Å². The van der Waals surface area contributed by atoms with Crippen LogP contribution in [0.3, 0.4) is 0 Å². The standard InChI is InChI=1S/C28H47N7O5/c1-26(2,40)21-16-31-33-35(21)19-14-20(24(38)32-28(22(36)23(29)37)12-8-5-9-13-28)34(17-19)25(39)27(3,30)15-18-10-6-4-7-11-18/h16,18-20,31,33,40H,4-15,17,30H2,1-3H3,(H2,29,37)(H,32,38)/t19-,20-,27?/m0/s1. The maximum absolute atomic E-state index is 14.1. The zero-order valence-electron chi connectivity index (χ0n) is 24.1. The molecule has 1 saturated heterocycles. The lowest BCUT2D eigenvalue weighted by atomic mass is 9.78. The summed E-state index contributed by atoms with van der Waals surface area (Å²) in [4.78, 5) is 54.4. The molecule has 0 radical (unpaired) electrons. The fourth-order valence-corrected chi connectivity index (χ4v) is 7.06. The number of Topliss-reactive ketones (excluding diaryl/α,β-unsaturated/α-hetero) is 1. The molecule has 8 N–H and O–H groups in total. The van der Waals surface area contributed by atoms with Gasteiger partial charge in [0.05, 0.1) is 17.3 Å². The van der Waals surface area contributed by atoms with E-state index in [-0.39, 0.29) is 24.9 Å². The SMILES string of the molecule is CC(C)(O)C1=CNNN1[C@H]1C[C@@H](C(=O)NC2(C(=O)C(N)=O)CCCCC2)N(C(=O)C(C)(N)CC2CCCCC2)C1. The molecule has 0 aromatic carbocycles. The van der Waals surface area contributed by atoms with E-state index in [4.69, 9.17) is 11.5 Å². The van der Waals surface area contributed by atoms with Crippen molar-refractivity contribution in [3.8, 4) is 0 Å². The van der Waals surface area contributed by atoms with Crippen LogP contribution in [0.4, 0.5) is 0 Å². The quantitative estimate of drug-likeness (QED) is 0.218. The molecule has 2 aliphatic heterocycles. The minimum Gasteiger partial charge on any atom is -0.384 e. The molecule has 0 aromatic heterocycles. The number of hydrogen-bond donors (Lipinski definition) is 6. The highest BCUT2D eigenvalue weighted by Crippen LogP contribution is 2.35. The molecule has 4 rings (SSSR count). The largest absolute Gasteiger partial charge is 0.384 e. The van der Waals surface area contributed by atoms with E-state index < -0.39 is 40.3 Å². The Bertz CT molecular complexity index is 1020. The van der Waals surface area contributed by atoms with E-state index in [0.29, 0.717) is 43.7 Å². The second-order valence-corrected chi connectivity index (χ2v) is 13.0. The summed E-state index contributed by atoms with van der Waals surface area (Å²) in [7, 11) is 0. The molecular weight excluding hydrogens is 514 g/mol. The topological polar surface area (TPSA) is 183 Å². The van der Waals surface area contributed by atoms with Crippen molar-refractivity contribution >= 4 is 23.5 Å². The van der Waals surface area contributed by atoms with Gasteiger partial charge in [-0.25, -0.2) is 0 Å². The minimum absolute atomic E-state index is 0.188. The smallest absolute Gasteiger partial charge is 0.287 e. The van der Waals surface area contributed by atoms with Gasteiger partial charge < -0.3 is 32.2 Å². The molecule has 2 saturated carbocycles. The second kappa shape index (κ2) is 11.7. The van der Waals surface area contributed by atoms with Crippen molar-refractivity contribution in [1.82, 2.24) is 26.2 Å². The third-order valence-corrected chi connectivity index (χ3v) is 9.14. The summed E-state index contributed by atoms with van der Waals surface area (Å²) in [5.41, 5.74) is 14.8. The van der Waals surface area contributed by atoms with E-state index in [2.05, 4.69) is 16.3 Å². The number of amides is 3. The zero-order valence-corrected chi connectivity index (χ0v) is 24.1. The van der Waals surface area contributed by atoms with Crippen LogP contribution in [0.25, 0.3) is 0 Å². The third kappa shape index (κ3) is 6.28. The fraction of sp³-hybridized carbons (Fsp3) is 0.786. The van der Waals surface area contributed by atoms with Gasteiger partial charge in [-0.2, -0.15) is 0 Å². The van der Waals surface area contributed by atoms with Gasteiger partial charge in [0.15, 0.2) is 0 Å². The average Bonchev–Trinajstić information content (AvgIpc) is 3.56. The predicted molar refractivity (Wildman–Crippen MR) is 148 cm³/mol. The van der Waals surface area contributed by atoms with Crippen molar-refractivity contribution in [3.63, 3.8) is 0 Å². The Hall–Kier alpha value is -2.70. The molecular formula is C28H47N7O5. The number of nitrogens with one attached hydrogen (secondary N) is 3. The van der Waals surface area contributed by atoms with Crippen LogP contribution in [0, 0.1) is 5.92 Å². The molecule has 3 fully saturated rings. The first-order valence-electron chi connectivity index (χ1n) is 14.7. The number of hydrazine groups is 2. The van der Waals surface area contributed by atoms with Crippen LogP contribution in [0.2, 0.25) is 0 Å². The molecule has 12 nitrogen and oxygen atoms in total. The van der Waals surface area contributed by atoms with Gasteiger partial charge in [0.2, 0.25) is 17.6 Å². The van der Waals surface area contributed by atoms with Crippen LogP contribution < -0.4 is 27.7 Å². The molecule has 0 bridgehead atoms. The zero-order chi connectivity index (χ0) is 29.3. The van der Waals surface area contributed by atoms with E-state index >= 15 is 0 Å². The Morgan fingerprint density at radius 3 is 2.30 bits per heavy atom. The van der Waals surface area contributed by atoms with E-state index in [9.17, 15) is 24.3 Å². The van der Waals surface area contributed by atoms with Gasteiger partial charge in [0.25, 0.3) is 5.91 Å². The van der Waals surface area contributed by atoms with Crippen molar-refractivity contribution < 1.29 is 24.3 Å². The number of primary amides is 1. The van der Waals surface area contributed by atoms with Gasteiger partial charge in [-0.1, -0.05) is 51.4 Å². The summed E-state index contributed by atoms with van der Waals surface area (Å²) in [5, 5.41) is 15.3. The molecule has 1 unspecified atom stereocenters. The van der Waals surface area contributed by atoms with Gasteiger partial charge in [-0.05, 0) is 46.0 Å². The number of nitrogens with two attached hydrogens (primary N) is 2. The molecule has 40 heavy (non-hydrogen) atoms. The summed E-state index contributed by atoms with van der Waals surface area (Å²) in [6.45, 7) is 5.24. The lowest BCUT2D eigenvalue weighted by Crippen LogP contribution is -2.63. The predicted octanol–water partition coefficient (Wildman–Crippen LogP) is 0.454. The van der Waals surface area contributed by atoms with Crippen LogP contribution in [0.1, 0.15) is 97.8 Å². The first-order chi connectivity index (χ1) is 18.7. The van der Waals surface area contributed by atoms with E-state index in [0.717, 1.165) is 32.1 Å². The van der Waals surface area contributed by atoms with Gasteiger partial charge in [0, 0.05) is 19.2 Å². The maximum atomic E-state index is 14.1. The molecule has 2 heterocycles. The molecule has 12 heteroatoms. The van der Waals surface area contributed by atoms with E-state index in [1.54, 1.807) is 32.0 Å². The summed E-state index contributed by atoms with van der Waals surface area (Å²) < 4.78 is 0. The van der Waals surface area contributed by atoms with Crippen LogP contribution >= 0.6 is 0 Å². The van der Waals surface area contributed by atoms with Gasteiger partial charge >= 0.3 is 0 Å². The summed E-state index contributed by atoms with van der Waals surface area (Å²) in [5.74, 6) is -2.34. The highest BCUT2D eigenvalue weighted by Gasteiger charge is 2.51. The van der Waals surface area contributed by atoms with Crippen LogP contribution in [-0.2, 0) is 19.2 Å². The van der Waals surface area contributed by atoms with Gasteiger partial charge in [-0.3, -0.25) is 24.2 Å². The average molecular weight is 562 g/mol. The Labute approximate surface area is 236 Å². The minimum atomic E-state index is -1.37. The molecule has 2 aliphatic carbocycles. The Morgan fingerprint density at radius 2 is 1.70 bits per heavy atom. The van der Waals surface area contributed by atoms with Crippen molar-refractivity contribution in [2.75, 3.05) is 6.54 Å². The molecule has 0 aromatic rings. The van der Waals surface area contributed by atoms with Gasteiger partial charge in [0.1, 0.15) is 17.2 Å². The number of hydrogen-bond acceptors (Lipinski definition) is 9. The summed E-state index contributed by atoms with van der Waals surface area (Å²) in [6.07, 6.45) is 10.8. The van der Waals surface area contributed by atoms with E-state index in [1.165, 1.54) is 11.3 Å². The first-order valence-corrected chi connectivity index (χ1v) is 14.7. The summed E-state index contributed by atoms with van der Waals surface area (Å²) in [6, 6.07) is -1.29. The second-order valence-electron chi connectivity index (χ2n) is 13.0. The fourth-order valence-electron chi connectivity index (χ4n) is 7.06. The number of rotatable bonds is 9. The lowest BCUT2D eigenvalue weighted by Gasteiger charge is -2.39. The monoisotopic (exact) mass is 561 g/mol. The van der Waals surface area contributed by atoms with Crippen molar-refractivity contribution in [1.29, 1.82) is 0 Å². The van der Waals surface area contributed by atoms with Crippen molar-refractivity contribution in [2.45, 2.75) is 127 Å². The number of carbonyl (C=O) groups is 4. The summed E-state index contributed by atoms with van der Waals surface area (Å²) >= 11 is 0. The lowest BCUT2D eigenvalue weighted by molar-refractivity contribution is -0.146. The number of aliphatic hydroxyl groups is 1. The first kappa shape index (κ1) is 30.3. The molecule has 0 spiro atoms. The number of carbonyl (C=O) groups excluding carboxylic acids is 4. The van der Waals surface area contributed by atoms with Crippen LogP contribution in [0.5, 0.6) is 0 Å². The van der Waals surface area contributed by atoms with Crippen LogP contribution in [-0.4, -0.2) is 73.8 Å².